The fourth-order valence-corrected chi connectivity index (χ4v) is 2.23. The molecular weight excluding hydrogens is 357 g/mol. The summed E-state index contributed by atoms with van der Waals surface area (Å²) in [5, 5.41) is 9.92. The summed E-state index contributed by atoms with van der Waals surface area (Å²) in [4.78, 5) is 0. The maximum atomic E-state index is 12.7. The zero-order chi connectivity index (χ0) is 17.3. The Kier molecular flexibility index (Phi) is 4.66. The van der Waals surface area contributed by atoms with Gasteiger partial charge in [0.1, 0.15) is 0 Å². The lowest BCUT2D eigenvalue weighted by molar-refractivity contribution is -0.137. The van der Waals surface area contributed by atoms with Crippen molar-refractivity contribution in [2.24, 2.45) is 0 Å². The van der Waals surface area contributed by atoms with Crippen LogP contribution >= 0.6 is 11.6 Å². The highest BCUT2D eigenvalue weighted by molar-refractivity contribution is 7.92. The predicted molar refractivity (Wildman–Crippen MR) is 80.2 cm³/mol. The maximum Gasteiger partial charge on any atom is 0.416 e. The summed E-state index contributed by atoms with van der Waals surface area (Å²) in [5.74, 6) is 0.0819. The molecule has 1 aromatic carbocycles. The van der Waals surface area contributed by atoms with Gasteiger partial charge in [0.2, 0.25) is 10.0 Å². The number of sulfonamides is 1. The highest BCUT2D eigenvalue weighted by Gasteiger charge is 2.31. The second-order valence-electron chi connectivity index (χ2n) is 4.50. The van der Waals surface area contributed by atoms with E-state index in [1.807, 2.05) is 0 Å². The third-order valence-electron chi connectivity index (χ3n) is 2.51. The first-order valence-electron chi connectivity index (χ1n) is 6.00. The molecule has 0 saturated carbocycles. The summed E-state index contributed by atoms with van der Waals surface area (Å²) in [6.45, 7) is 0. The second kappa shape index (κ2) is 6.20. The van der Waals surface area contributed by atoms with E-state index < -0.39 is 21.8 Å². The van der Waals surface area contributed by atoms with Gasteiger partial charge < -0.3 is 5.32 Å². The molecule has 0 unspecified atom stereocenters. The molecule has 0 spiro atoms. The Morgan fingerprint density at radius 3 is 2.22 bits per heavy atom. The Hall–Kier alpha value is -2.07. The maximum absolute atomic E-state index is 12.7. The van der Waals surface area contributed by atoms with Gasteiger partial charge in [0.15, 0.2) is 11.6 Å². The number of hydrogen-bond acceptors (Lipinski definition) is 5. The molecule has 2 aromatic rings. The second-order valence-corrected chi connectivity index (χ2v) is 6.65. The van der Waals surface area contributed by atoms with Gasteiger partial charge in [-0.25, -0.2) is 8.42 Å². The molecule has 0 amide bonds. The van der Waals surface area contributed by atoms with Crippen LogP contribution in [0.2, 0.25) is 5.02 Å². The number of rotatable bonds is 4. The summed E-state index contributed by atoms with van der Waals surface area (Å²) in [7, 11) is -3.50. The Morgan fingerprint density at radius 2 is 1.70 bits per heavy atom. The van der Waals surface area contributed by atoms with Crippen LogP contribution in [0.15, 0.2) is 30.3 Å². The fourth-order valence-electron chi connectivity index (χ4n) is 1.58. The molecule has 0 radical (unpaired) electrons. The van der Waals surface area contributed by atoms with E-state index in [4.69, 9.17) is 11.6 Å². The van der Waals surface area contributed by atoms with Crippen LogP contribution in [0.5, 0.6) is 0 Å². The van der Waals surface area contributed by atoms with E-state index in [9.17, 15) is 21.6 Å². The van der Waals surface area contributed by atoms with Crippen LogP contribution in [0.1, 0.15) is 5.56 Å². The van der Waals surface area contributed by atoms with Crippen LogP contribution < -0.4 is 10.0 Å². The van der Waals surface area contributed by atoms with Gasteiger partial charge in [-0.2, -0.15) is 13.2 Å². The zero-order valence-electron chi connectivity index (χ0n) is 11.5. The smallest absolute Gasteiger partial charge is 0.338 e. The average molecular weight is 367 g/mol. The number of halogens is 4. The highest BCUT2D eigenvalue weighted by atomic mass is 35.5. The van der Waals surface area contributed by atoms with Crippen molar-refractivity contribution in [3.63, 3.8) is 0 Å². The number of nitrogens with one attached hydrogen (secondary N) is 2. The molecule has 0 aliphatic heterocycles. The first kappa shape index (κ1) is 17.3. The molecular formula is C12H10ClF3N4O2S. The number of hydrogen-bond donors (Lipinski definition) is 2. The standard InChI is InChI=1S/C12H10ClF3N4O2S/c1-23(21,22)20-11-5-4-10(18-19-11)17-9-6-7(12(14,15)16)2-3-8(9)13/h2-6H,1H3,(H,17,18)(H,19,20). The van der Waals surface area contributed by atoms with E-state index in [1.165, 1.54) is 12.1 Å². The number of alkyl halides is 3. The van der Waals surface area contributed by atoms with Crippen molar-refractivity contribution in [1.29, 1.82) is 0 Å². The first-order valence-corrected chi connectivity index (χ1v) is 8.27. The summed E-state index contributed by atoms with van der Waals surface area (Å²) in [6, 6.07) is 5.46. The lowest BCUT2D eigenvalue weighted by Gasteiger charge is -2.12. The van der Waals surface area contributed by atoms with Gasteiger partial charge in [-0.15, -0.1) is 10.2 Å². The van der Waals surface area contributed by atoms with E-state index in [2.05, 4.69) is 20.2 Å². The van der Waals surface area contributed by atoms with Crippen LogP contribution in [-0.2, 0) is 16.2 Å². The summed E-state index contributed by atoms with van der Waals surface area (Å²) in [6.07, 6.45) is -3.56. The normalized spacial score (nSPS) is 12.0. The lowest BCUT2D eigenvalue weighted by Crippen LogP contribution is -2.11. The first-order chi connectivity index (χ1) is 10.5. The van der Waals surface area contributed by atoms with Crippen LogP contribution in [0.25, 0.3) is 0 Å². The molecule has 2 N–H and O–H groups in total. The van der Waals surface area contributed by atoms with Gasteiger partial charge in [0.05, 0.1) is 22.5 Å². The van der Waals surface area contributed by atoms with Crippen molar-refractivity contribution in [3.05, 3.63) is 40.9 Å². The molecule has 0 bridgehead atoms. The van der Waals surface area contributed by atoms with E-state index in [-0.39, 0.29) is 22.3 Å². The molecule has 0 saturated heterocycles. The third kappa shape index (κ3) is 4.96. The van der Waals surface area contributed by atoms with E-state index in [0.717, 1.165) is 24.5 Å². The van der Waals surface area contributed by atoms with E-state index in [1.54, 1.807) is 0 Å². The van der Waals surface area contributed by atoms with Gasteiger partial charge in [0, 0.05) is 0 Å². The molecule has 0 aliphatic carbocycles. The molecule has 1 heterocycles. The Balaban J connectivity index is 2.22. The Labute approximate surface area is 134 Å². The van der Waals surface area contributed by atoms with Crippen molar-refractivity contribution in [2.75, 3.05) is 16.3 Å². The summed E-state index contributed by atoms with van der Waals surface area (Å²) in [5.41, 5.74) is -0.868. The quantitative estimate of drug-likeness (QED) is 0.867. The molecule has 1 aromatic heterocycles. The highest BCUT2D eigenvalue weighted by Crippen LogP contribution is 2.34. The monoisotopic (exact) mass is 366 g/mol. The van der Waals surface area contributed by atoms with Gasteiger partial charge in [0.25, 0.3) is 0 Å². The number of benzene rings is 1. The Morgan fingerprint density at radius 1 is 1.09 bits per heavy atom. The van der Waals surface area contributed by atoms with Crippen LogP contribution in [0, 0.1) is 0 Å². The molecule has 23 heavy (non-hydrogen) atoms. The molecule has 11 heteroatoms. The number of aromatic nitrogens is 2. The minimum atomic E-state index is -4.50. The summed E-state index contributed by atoms with van der Waals surface area (Å²) >= 11 is 5.84. The average Bonchev–Trinajstić information content (AvgIpc) is 2.40. The minimum absolute atomic E-state index is 0.000357. The van der Waals surface area contributed by atoms with Gasteiger partial charge in [-0.1, -0.05) is 11.6 Å². The zero-order valence-corrected chi connectivity index (χ0v) is 13.1. The lowest BCUT2D eigenvalue weighted by atomic mass is 10.2. The predicted octanol–water partition coefficient (Wildman–Crippen LogP) is 3.26. The molecule has 6 nitrogen and oxygen atoms in total. The van der Waals surface area contributed by atoms with E-state index >= 15 is 0 Å². The molecule has 0 atom stereocenters. The fraction of sp³-hybridized carbons (Fsp3) is 0.167. The molecule has 124 valence electrons. The SMILES string of the molecule is CS(=O)(=O)Nc1ccc(Nc2cc(C(F)(F)F)ccc2Cl)nn1. The minimum Gasteiger partial charge on any atom is -0.338 e. The number of nitrogens with zero attached hydrogens (tertiary/aromatic N) is 2. The van der Waals surface area contributed by atoms with Gasteiger partial charge >= 0.3 is 6.18 Å². The van der Waals surface area contributed by atoms with Crippen LogP contribution in [0.3, 0.4) is 0 Å². The van der Waals surface area contributed by atoms with Gasteiger partial charge in [-0.05, 0) is 30.3 Å². The largest absolute Gasteiger partial charge is 0.416 e. The van der Waals surface area contributed by atoms with Crippen molar-refractivity contribution in [3.8, 4) is 0 Å². The van der Waals surface area contributed by atoms with Crippen molar-refractivity contribution < 1.29 is 21.6 Å². The van der Waals surface area contributed by atoms with Gasteiger partial charge in [-0.3, -0.25) is 4.72 Å². The molecule has 0 fully saturated rings. The topological polar surface area (TPSA) is 84.0 Å². The van der Waals surface area contributed by atoms with Crippen LogP contribution in [0.4, 0.5) is 30.5 Å². The van der Waals surface area contributed by atoms with Crippen molar-refractivity contribution in [1.82, 2.24) is 10.2 Å². The molecule has 0 aliphatic rings. The summed E-state index contributed by atoms with van der Waals surface area (Å²) < 4.78 is 62.2. The van der Waals surface area contributed by atoms with Crippen molar-refractivity contribution in [2.45, 2.75) is 6.18 Å². The number of anilines is 3. The molecule has 2 rings (SSSR count). The van der Waals surface area contributed by atoms with Crippen LogP contribution in [-0.4, -0.2) is 24.9 Å². The Bertz CT molecular complexity index is 810. The third-order valence-corrected chi connectivity index (χ3v) is 3.42. The van der Waals surface area contributed by atoms with Crippen molar-refractivity contribution >= 4 is 38.9 Å². The van der Waals surface area contributed by atoms with E-state index in [0.29, 0.717) is 0 Å².